The molecule has 2 fully saturated rings. The maximum absolute atomic E-state index is 12.3. The molecule has 0 radical (unpaired) electrons. The Morgan fingerprint density at radius 3 is 2.17 bits per heavy atom. The van der Waals surface area contributed by atoms with Gasteiger partial charge in [-0.15, -0.1) is 0 Å². The maximum Gasteiger partial charge on any atom is 0.225 e. The van der Waals surface area contributed by atoms with Crippen LogP contribution in [0.15, 0.2) is 0 Å². The fourth-order valence-electron chi connectivity index (χ4n) is 2.71. The van der Waals surface area contributed by atoms with Crippen molar-refractivity contribution in [2.24, 2.45) is 5.92 Å². The Morgan fingerprint density at radius 2 is 1.67 bits per heavy atom. The Kier molecular flexibility index (Phi) is 15.4. The molecule has 24 heavy (non-hydrogen) atoms. The highest BCUT2D eigenvalue weighted by atomic mass is 16.5. The number of aliphatic hydroxyl groups is 1. The van der Waals surface area contributed by atoms with E-state index in [1.807, 2.05) is 18.7 Å². The van der Waals surface area contributed by atoms with Gasteiger partial charge in [0.25, 0.3) is 0 Å². The van der Waals surface area contributed by atoms with Crippen LogP contribution >= 0.6 is 0 Å². The third kappa shape index (κ3) is 9.57. The highest BCUT2D eigenvalue weighted by Crippen LogP contribution is 2.19. The van der Waals surface area contributed by atoms with Crippen molar-refractivity contribution < 1.29 is 14.6 Å². The number of amides is 1. The lowest BCUT2D eigenvalue weighted by Crippen LogP contribution is -2.50. The number of likely N-dealkylation sites (tertiary alicyclic amines) is 1. The third-order valence-corrected chi connectivity index (χ3v) is 3.87. The standard InChI is InChI=1S/C13H25N3O3.C3H8.C2H6/c17-9-10-19-11-15-5-1-12(2-6-15)13(18)16-7-3-14-4-8-16;1-3-2;1-2/h12,14,17H,1-11H2;3H2,1-2H3;1-2H3. The largest absolute Gasteiger partial charge is 0.394 e. The summed E-state index contributed by atoms with van der Waals surface area (Å²) in [5, 5.41) is 11.9. The van der Waals surface area contributed by atoms with Crippen molar-refractivity contribution in [1.82, 2.24) is 15.1 Å². The van der Waals surface area contributed by atoms with E-state index >= 15 is 0 Å². The smallest absolute Gasteiger partial charge is 0.225 e. The number of piperidine rings is 1. The average Bonchev–Trinajstić information content (AvgIpc) is 2.65. The minimum absolute atomic E-state index is 0.0674. The molecular weight excluding hydrogens is 306 g/mol. The molecule has 144 valence electrons. The Balaban J connectivity index is 0.000000952. The van der Waals surface area contributed by atoms with E-state index in [0.29, 0.717) is 19.2 Å². The first-order valence-corrected chi connectivity index (χ1v) is 9.63. The summed E-state index contributed by atoms with van der Waals surface area (Å²) in [7, 11) is 0. The van der Waals surface area contributed by atoms with Crippen molar-refractivity contribution in [3.05, 3.63) is 0 Å². The summed E-state index contributed by atoms with van der Waals surface area (Å²) < 4.78 is 5.31. The quantitative estimate of drug-likeness (QED) is 0.740. The van der Waals surface area contributed by atoms with Crippen LogP contribution in [0.2, 0.25) is 0 Å². The number of nitrogens with zero attached hydrogens (tertiary/aromatic N) is 2. The number of ether oxygens (including phenoxy) is 1. The molecule has 0 aromatic heterocycles. The van der Waals surface area contributed by atoms with Crippen LogP contribution in [0.3, 0.4) is 0 Å². The van der Waals surface area contributed by atoms with E-state index in [-0.39, 0.29) is 12.5 Å². The van der Waals surface area contributed by atoms with Crippen LogP contribution in [-0.2, 0) is 9.53 Å². The van der Waals surface area contributed by atoms with Gasteiger partial charge in [-0.2, -0.15) is 0 Å². The highest BCUT2D eigenvalue weighted by molar-refractivity contribution is 5.79. The predicted octanol–water partition coefficient (Wildman–Crippen LogP) is 1.54. The zero-order chi connectivity index (χ0) is 18.2. The van der Waals surface area contributed by atoms with Gasteiger partial charge in [-0.1, -0.05) is 34.1 Å². The summed E-state index contributed by atoms with van der Waals surface area (Å²) >= 11 is 0. The van der Waals surface area contributed by atoms with Crippen molar-refractivity contribution in [2.75, 3.05) is 59.2 Å². The average molecular weight is 346 g/mol. The van der Waals surface area contributed by atoms with Crippen LogP contribution in [0.5, 0.6) is 0 Å². The number of aliphatic hydroxyl groups excluding tert-OH is 1. The van der Waals surface area contributed by atoms with Crippen LogP contribution in [0.1, 0.15) is 47.0 Å². The first-order valence-electron chi connectivity index (χ1n) is 9.63. The van der Waals surface area contributed by atoms with E-state index < -0.39 is 0 Å². The van der Waals surface area contributed by atoms with Crippen molar-refractivity contribution in [3.8, 4) is 0 Å². The number of piperazine rings is 1. The summed E-state index contributed by atoms with van der Waals surface area (Å²) in [5.74, 6) is 0.518. The maximum atomic E-state index is 12.3. The van der Waals surface area contributed by atoms with E-state index in [1.54, 1.807) is 0 Å². The topological polar surface area (TPSA) is 65.0 Å². The summed E-state index contributed by atoms with van der Waals surface area (Å²) in [4.78, 5) is 16.5. The molecule has 0 aromatic carbocycles. The molecule has 6 nitrogen and oxygen atoms in total. The summed E-state index contributed by atoms with van der Waals surface area (Å²) in [6.45, 7) is 14.6. The molecule has 0 bridgehead atoms. The van der Waals surface area contributed by atoms with Gasteiger partial charge in [-0.25, -0.2) is 0 Å². The molecule has 2 aliphatic rings. The zero-order valence-corrected chi connectivity index (χ0v) is 16.2. The normalized spacial score (nSPS) is 19.0. The van der Waals surface area contributed by atoms with E-state index in [2.05, 4.69) is 24.1 Å². The molecule has 2 heterocycles. The molecule has 2 saturated heterocycles. The van der Waals surface area contributed by atoms with Gasteiger partial charge in [0.2, 0.25) is 5.91 Å². The van der Waals surface area contributed by atoms with Gasteiger partial charge in [-0.05, 0) is 12.8 Å². The minimum atomic E-state index is 0.0674. The number of hydrogen-bond acceptors (Lipinski definition) is 5. The monoisotopic (exact) mass is 345 g/mol. The van der Waals surface area contributed by atoms with Crippen LogP contribution in [-0.4, -0.2) is 80.0 Å². The molecule has 1 amide bonds. The second-order valence-corrected chi connectivity index (χ2v) is 5.94. The second kappa shape index (κ2) is 15.8. The zero-order valence-electron chi connectivity index (χ0n) is 16.2. The Morgan fingerprint density at radius 1 is 1.12 bits per heavy atom. The van der Waals surface area contributed by atoms with E-state index in [4.69, 9.17) is 9.84 Å². The Bertz CT molecular complexity index is 289. The summed E-state index contributed by atoms with van der Waals surface area (Å²) in [6, 6.07) is 0. The lowest BCUT2D eigenvalue weighted by molar-refractivity contribution is -0.138. The molecule has 0 aromatic rings. The molecule has 0 spiro atoms. The SMILES string of the molecule is CC.CCC.O=C(C1CCN(COCCO)CC1)N1CCNCC1. The van der Waals surface area contributed by atoms with Gasteiger partial charge in [0.1, 0.15) is 0 Å². The van der Waals surface area contributed by atoms with E-state index in [9.17, 15) is 4.79 Å². The molecule has 2 rings (SSSR count). The first-order chi connectivity index (χ1) is 11.7. The summed E-state index contributed by atoms with van der Waals surface area (Å²) in [6.07, 6.45) is 3.09. The van der Waals surface area contributed by atoms with Crippen molar-refractivity contribution in [1.29, 1.82) is 0 Å². The molecule has 0 atom stereocenters. The number of carbonyl (C=O) groups is 1. The van der Waals surface area contributed by atoms with E-state index in [1.165, 1.54) is 6.42 Å². The van der Waals surface area contributed by atoms with Crippen LogP contribution in [0.25, 0.3) is 0 Å². The Labute approximate surface area is 148 Å². The van der Waals surface area contributed by atoms with Crippen molar-refractivity contribution in [2.45, 2.75) is 47.0 Å². The fourth-order valence-corrected chi connectivity index (χ4v) is 2.71. The lowest BCUT2D eigenvalue weighted by Gasteiger charge is -2.35. The molecule has 0 aliphatic carbocycles. The number of carbonyl (C=O) groups excluding carboxylic acids is 1. The molecule has 2 N–H and O–H groups in total. The van der Waals surface area contributed by atoms with Gasteiger partial charge < -0.3 is 20.1 Å². The highest BCUT2D eigenvalue weighted by Gasteiger charge is 2.28. The molecular formula is C18H39N3O3. The van der Waals surface area contributed by atoms with Crippen LogP contribution in [0, 0.1) is 5.92 Å². The predicted molar refractivity (Wildman–Crippen MR) is 99.0 cm³/mol. The minimum Gasteiger partial charge on any atom is -0.394 e. The summed E-state index contributed by atoms with van der Waals surface area (Å²) in [5.41, 5.74) is 0. The van der Waals surface area contributed by atoms with Gasteiger partial charge >= 0.3 is 0 Å². The fraction of sp³-hybridized carbons (Fsp3) is 0.944. The molecule has 2 aliphatic heterocycles. The first kappa shape index (κ1) is 23.3. The lowest BCUT2D eigenvalue weighted by atomic mass is 9.95. The van der Waals surface area contributed by atoms with Gasteiger partial charge in [0.05, 0.1) is 19.9 Å². The van der Waals surface area contributed by atoms with Gasteiger partial charge in [-0.3, -0.25) is 9.69 Å². The molecule has 6 heteroatoms. The molecule has 0 unspecified atom stereocenters. The second-order valence-electron chi connectivity index (χ2n) is 5.94. The Hall–Kier alpha value is -0.690. The van der Waals surface area contributed by atoms with Crippen molar-refractivity contribution in [3.63, 3.8) is 0 Å². The van der Waals surface area contributed by atoms with Gasteiger partial charge in [0.15, 0.2) is 0 Å². The number of rotatable bonds is 5. The van der Waals surface area contributed by atoms with Crippen LogP contribution in [0.4, 0.5) is 0 Å². The molecule has 0 saturated carbocycles. The number of nitrogens with one attached hydrogen (secondary N) is 1. The number of hydrogen-bond donors (Lipinski definition) is 2. The van der Waals surface area contributed by atoms with Crippen LogP contribution < -0.4 is 5.32 Å². The van der Waals surface area contributed by atoms with Crippen molar-refractivity contribution >= 4 is 5.91 Å². The van der Waals surface area contributed by atoms with Gasteiger partial charge in [0, 0.05) is 45.2 Å². The van der Waals surface area contributed by atoms with E-state index in [0.717, 1.165) is 52.1 Å². The third-order valence-electron chi connectivity index (χ3n) is 3.87.